The number of methoxy groups -OCH3 is 2. The van der Waals surface area contributed by atoms with Gasteiger partial charge in [-0.1, -0.05) is 25.1 Å². The summed E-state index contributed by atoms with van der Waals surface area (Å²) in [5.74, 6) is 2.23. The molecule has 5 nitrogen and oxygen atoms in total. The lowest BCUT2D eigenvalue weighted by atomic mass is 10.2. The average Bonchev–Trinajstić information content (AvgIpc) is 2.64. The van der Waals surface area contributed by atoms with Gasteiger partial charge in [0.25, 0.3) is 0 Å². The third-order valence-electron chi connectivity index (χ3n) is 3.47. The standard InChI is InChI=1S/C19H23BrN2O3/c1-4-9-25-19-16(20)10-14(11-18(19)24-3)12-21-22-13-15-7-5-6-8-17(15)23-2/h5-8,10-12,22H,4,9,13H2,1-3H3/b21-12+. The number of hydrogen-bond acceptors (Lipinski definition) is 5. The molecule has 0 aliphatic heterocycles. The summed E-state index contributed by atoms with van der Waals surface area (Å²) in [5.41, 5.74) is 4.98. The van der Waals surface area contributed by atoms with Gasteiger partial charge >= 0.3 is 0 Å². The van der Waals surface area contributed by atoms with Crippen LogP contribution in [0.3, 0.4) is 0 Å². The van der Waals surface area contributed by atoms with Crippen molar-refractivity contribution in [3.63, 3.8) is 0 Å². The highest BCUT2D eigenvalue weighted by Crippen LogP contribution is 2.36. The van der Waals surface area contributed by atoms with Gasteiger partial charge in [-0.2, -0.15) is 5.10 Å². The molecule has 0 aliphatic carbocycles. The molecule has 2 aromatic rings. The second kappa shape index (κ2) is 9.93. The molecule has 0 saturated heterocycles. The van der Waals surface area contributed by atoms with Gasteiger partial charge < -0.3 is 19.6 Å². The summed E-state index contributed by atoms with van der Waals surface area (Å²) in [7, 11) is 3.29. The highest BCUT2D eigenvalue weighted by atomic mass is 79.9. The van der Waals surface area contributed by atoms with Crippen LogP contribution in [0.15, 0.2) is 46.0 Å². The predicted molar refractivity (Wildman–Crippen MR) is 104 cm³/mol. The minimum atomic E-state index is 0.580. The van der Waals surface area contributed by atoms with Gasteiger partial charge in [-0.15, -0.1) is 0 Å². The maximum atomic E-state index is 5.73. The van der Waals surface area contributed by atoms with Crippen LogP contribution in [0.1, 0.15) is 24.5 Å². The summed E-state index contributed by atoms with van der Waals surface area (Å²) >= 11 is 3.53. The lowest BCUT2D eigenvalue weighted by Crippen LogP contribution is -2.07. The molecule has 0 aromatic heterocycles. The van der Waals surface area contributed by atoms with Crippen LogP contribution in [-0.2, 0) is 6.54 Å². The Morgan fingerprint density at radius 2 is 1.88 bits per heavy atom. The number of nitrogens with zero attached hydrogens (tertiary/aromatic N) is 1. The molecule has 0 fully saturated rings. The monoisotopic (exact) mass is 406 g/mol. The molecule has 25 heavy (non-hydrogen) atoms. The molecule has 0 atom stereocenters. The zero-order valence-corrected chi connectivity index (χ0v) is 16.3. The minimum absolute atomic E-state index is 0.580. The van der Waals surface area contributed by atoms with E-state index < -0.39 is 0 Å². The van der Waals surface area contributed by atoms with Gasteiger partial charge in [0.15, 0.2) is 11.5 Å². The first-order valence-corrected chi connectivity index (χ1v) is 8.87. The fraction of sp³-hybridized carbons (Fsp3) is 0.316. The third-order valence-corrected chi connectivity index (χ3v) is 4.06. The van der Waals surface area contributed by atoms with Crippen LogP contribution in [0, 0.1) is 0 Å². The van der Waals surface area contributed by atoms with Crippen LogP contribution in [0.4, 0.5) is 0 Å². The van der Waals surface area contributed by atoms with E-state index in [4.69, 9.17) is 14.2 Å². The maximum Gasteiger partial charge on any atom is 0.175 e. The number of halogens is 1. The Morgan fingerprint density at radius 3 is 2.60 bits per heavy atom. The van der Waals surface area contributed by atoms with E-state index in [-0.39, 0.29) is 0 Å². The van der Waals surface area contributed by atoms with Crippen LogP contribution in [0.5, 0.6) is 17.2 Å². The first kappa shape index (κ1) is 19.1. The third kappa shape index (κ3) is 5.39. The lowest BCUT2D eigenvalue weighted by Gasteiger charge is -2.12. The Labute approximate surface area is 157 Å². The Kier molecular flexibility index (Phi) is 7.60. The lowest BCUT2D eigenvalue weighted by molar-refractivity contribution is 0.292. The van der Waals surface area contributed by atoms with E-state index in [1.54, 1.807) is 20.4 Å². The van der Waals surface area contributed by atoms with E-state index in [2.05, 4.69) is 33.4 Å². The summed E-state index contributed by atoms with van der Waals surface area (Å²) in [6.45, 7) is 3.29. The van der Waals surface area contributed by atoms with Gasteiger partial charge in [0, 0.05) is 5.56 Å². The van der Waals surface area contributed by atoms with Gasteiger partial charge in [-0.05, 0) is 46.1 Å². The predicted octanol–water partition coefficient (Wildman–Crippen LogP) is 4.38. The number of para-hydroxylation sites is 1. The van der Waals surface area contributed by atoms with E-state index in [0.717, 1.165) is 27.8 Å². The van der Waals surface area contributed by atoms with E-state index in [1.165, 1.54) is 0 Å². The topological polar surface area (TPSA) is 52.1 Å². The van der Waals surface area contributed by atoms with Gasteiger partial charge in [0.05, 0.1) is 38.1 Å². The number of rotatable bonds is 9. The van der Waals surface area contributed by atoms with Crippen molar-refractivity contribution in [3.05, 3.63) is 52.0 Å². The number of benzene rings is 2. The molecule has 0 radical (unpaired) electrons. The SMILES string of the molecule is CCCOc1c(Br)cc(/C=N/NCc2ccccc2OC)cc1OC. The zero-order valence-electron chi connectivity index (χ0n) is 14.7. The van der Waals surface area contributed by atoms with Crippen LogP contribution < -0.4 is 19.6 Å². The van der Waals surface area contributed by atoms with Crippen molar-refractivity contribution in [2.75, 3.05) is 20.8 Å². The first-order valence-electron chi connectivity index (χ1n) is 8.07. The highest BCUT2D eigenvalue weighted by molar-refractivity contribution is 9.10. The Morgan fingerprint density at radius 1 is 1.12 bits per heavy atom. The van der Waals surface area contributed by atoms with Crippen LogP contribution >= 0.6 is 15.9 Å². The fourth-order valence-electron chi connectivity index (χ4n) is 2.26. The molecule has 1 N–H and O–H groups in total. The summed E-state index contributed by atoms with van der Waals surface area (Å²) < 4.78 is 17.3. The number of hydrazone groups is 1. The number of hydrogen-bond donors (Lipinski definition) is 1. The van der Waals surface area contributed by atoms with Gasteiger partial charge in [0.1, 0.15) is 5.75 Å². The Hall–Kier alpha value is -2.21. The summed E-state index contributed by atoms with van der Waals surface area (Å²) in [4.78, 5) is 0. The molecule has 0 amide bonds. The van der Waals surface area contributed by atoms with Crippen molar-refractivity contribution in [2.45, 2.75) is 19.9 Å². The molecule has 134 valence electrons. The molecule has 0 unspecified atom stereocenters. The molecular weight excluding hydrogens is 384 g/mol. The van der Waals surface area contributed by atoms with E-state index >= 15 is 0 Å². The molecule has 0 aliphatic rings. The van der Waals surface area contributed by atoms with Crippen molar-refractivity contribution in [2.24, 2.45) is 5.10 Å². The van der Waals surface area contributed by atoms with Crippen LogP contribution in [0.2, 0.25) is 0 Å². The fourth-order valence-corrected chi connectivity index (χ4v) is 2.83. The number of nitrogens with one attached hydrogen (secondary N) is 1. The van der Waals surface area contributed by atoms with Crippen molar-refractivity contribution >= 4 is 22.1 Å². The second-order valence-electron chi connectivity index (χ2n) is 5.29. The van der Waals surface area contributed by atoms with Crippen LogP contribution in [-0.4, -0.2) is 27.0 Å². The van der Waals surface area contributed by atoms with Crippen molar-refractivity contribution in [1.29, 1.82) is 0 Å². The normalized spacial score (nSPS) is 10.7. The van der Waals surface area contributed by atoms with E-state index in [9.17, 15) is 0 Å². The van der Waals surface area contributed by atoms with Crippen molar-refractivity contribution < 1.29 is 14.2 Å². The highest BCUT2D eigenvalue weighted by Gasteiger charge is 2.10. The molecule has 2 rings (SSSR count). The van der Waals surface area contributed by atoms with Gasteiger partial charge in [-0.25, -0.2) is 0 Å². The first-order chi connectivity index (χ1) is 12.2. The Balaban J connectivity index is 2.04. The second-order valence-corrected chi connectivity index (χ2v) is 6.14. The van der Waals surface area contributed by atoms with Gasteiger partial charge in [0.2, 0.25) is 0 Å². The summed E-state index contributed by atoms with van der Waals surface area (Å²) in [5, 5.41) is 4.27. The molecule has 0 heterocycles. The molecular formula is C19H23BrN2O3. The minimum Gasteiger partial charge on any atom is -0.496 e. The molecule has 0 saturated carbocycles. The zero-order chi connectivity index (χ0) is 18.1. The molecule has 0 bridgehead atoms. The van der Waals surface area contributed by atoms with Crippen LogP contribution in [0.25, 0.3) is 0 Å². The average molecular weight is 407 g/mol. The number of ether oxygens (including phenoxy) is 3. The smallest absolute Gasteiger partial charge is 0.175 e. The van der Waals surface area contributed by atoms with E-state index in [0.29, 0.717) is 24.7 Å². The molecule has 0 spiro atoms. The summed E-state index contributed by atoms with van der Waals surface area (Å²) in [6.07, 6.45) is 2.68. The largest absolute Gasteiger partial charge is 0.496 e. The quantitative estimate of drug-likeness (QED) is 0.495. The van der Waals surface area contributed by atoms with E-state index in [1.807, 2.05) is 36.4 Å². The molecule has 6 heteroatoms. The Bertz CT molecular complexity index is 720. The van der Waals surface area contributed by atoms with Crippen molar-refractivity contribution in [1.82, 2.24) is 5.43 Å². The molecule has 2 aromatic carbocycles. The maximum absolute atomic E-state index is 5.73. The van der Waals surface area contributed by atoms with Crippen molar-refractivity contribution in [3.8, 4) is 17.2 Å². The van der Waals surface area contributed by atoms with Gasteiger partial charge in [-0.3, -0.25) is 0 Å². The summed E-state index contributed by atoms with van der Waals surface area (Å²) in [6, 6.07) is 11.7.